The summed E-state index contributed by atoms with van der Waals surface area (Å²) in [5, 5.41) is 6.80. The molecule has 0 aromatic carbocycles. The Bertz CT molecular complexity index is 334. The highest BCUT2D eigenvalue weighted by atomic mass is 32.1. The number of anilines is 1. The molecule has 1 aliphatic rings. The van der Waals surface area contributed by atoms with E-state index in [4.69, 9.17) is 0 Å². The van der Waals surface area contributed by atoms with E-state index in [2.05, 4.69) is 32.4 Å². The molecule has 4 nitrogen and oxygen atoms in total. The standard InChI is InChI=1S/C15H28N4S/c1-2-3-4-5-6-16-7-9-18-10-12-19(13-11-18)15-17-8-14-20-15/h8,14,16H,2-7,9-13H2,1H3. The molecule has 0 saturated carbocycles. The van der Waals surface area contributed by atoms with Crippen LogP contribution in [0.2, 0.25) is 0 Å². The van der Waals surface area contributed by atoms with Crippen molar-refractivity contribution in [2.45, 2.75) is 32.6 Å². The summed E-state index contributed by atoms with van der Waals surface area (Å²) >= 11 is 1.75. The fourth-order valence-corrected chi connectivity index (χ4v) is 3.27. The van der Waals surface area contributed by atoms with Crippen molar-refractivity contribution in [1.82, 2.24) is 15.2 Å². The van der Waals surface area contributed by atoms with Crippen molar-refractivity contribution in [2.75, 3.05) is 50.7 Å². The Morgan fingerprint density at radius 1 is 1.15 bits per heavy atom. The molecule has 0 aliphatic carbocycles. The van der Waals surface area contributed by atoms with E-state index in [0.29, 0.717) is 0 Å². The Kier molecular flexibility index (Phi) is 7.33. The smallest absolute Gasteiger partial charge is 0.185 e. The zero-order valence-corrected chi connectivity index (χ0v) is 13.5. The first-order valence-corrected chi connectivity index (χ1v) is 8.85. The van der Waals surface area contributed by atoms with Gasteiger partial charge in [-0.05, 0) is 13.0 Å². The maximum Gasteiger partial charge on any atom is 0.185 e. The van der Waals surface area contributed by atoms with E-state index in [9.17, 15) is 0 Å². The summed E-state index contributed by atoms with van der Waals surface area (Å²) in [6, 6.07) is 0. The lowest BCUT2D eigenvalue weighted by Gasteiger charge is -2.34. The van der Waals surface area contributed by atoms with Crippen LogP contribution in [0.4, 0.5) is 5.13 Å². The van der Waals surface area contributed by atoms with Gasteiger partial charge in [-0.25, -0.2) is 4.98 Å². The van der Waals surface area contributed by atoms with Gasteiger partial charge in [-0.15, -0.1) is 11.3 Å². The minimum Gasteiger partial charge on any atom is -0.346 e. The third-order valence-electron chi connectivity index (χ3n) is 3.87. The zero-order valence-electron chi connectivity index (χ0n) is 12.7. The zero-order chi connectivity index (χ0) is 14.0. The molecule has 20 heavy (non-hydrogen) atoms. The predicted octanol–water partition coefficient (Wildman–Crippen LogP) is 2.44. The maximum atomic E-state index is 4.39. The van der Waals surface area contributed by atoms with Crippen LogP contribution in [0.3, 0.4) is 0 Å². The number of piperazine rings is 1. The SMILES string of the molecule is CCCCCCNCCN1CCN(c2nccs2)CC1. The van der Waals surface area contributed by atoms with Crippen LogP contribution in [0.5, 0.6) is 0 Å². The van der Waals surface area contributed by atoms with Crippen LogP contribution in [0.15, 0.2) is 11.6 Å². The monoisotopic (exact) mass is 296 g/mol. The first-order valence-electron chi connectivity index (χ1n) is 7.97. The first kappa shape index (κ1) is 15.7. The van der Waals surface area contributed by atoms with Gasteiger partial charge >= 0.3 is 0 Å². The van der Waals surface area contributed by atoms with E-state index in [1.54, 1.807) is 11.3 Å². The fraction of sp³-hybridized carbons (Fsp3) is 0.800. The molecule has 1 aromatic rings. The van der Waals surface area contributed by atoms with Crippen molar-refractivity contribution in [2.24, 2.45) is 0 Å². The van der Waals surface area contributed by atoms with Gasteiger partial charge in [0.1, 0.15) is 0 Å². The number of rotatable bonds is 9. The molecule has 1 N–H and O–H groups in total. The van der Waals surface area contributed by atoms with Crippen LogP contribution in [0, 0.1) is 0 Å². The number of nitrogens with zero attached hydrogens (tertiary/aromatic N) is 3. The highest BCUT2D eigenvalue weighted by Gasteiger charge is 2.17. The average Bonchev–Trinajstić information content (AvgIpc) is 3.01. The second-order valence-electron chi connectivity index (χ2n) is 5.45. The third kappa shape index (κ3) is 5.38. The Labute approximate surface area is 127 Å². The largest absolute Gasteiger partial charge is 0.346 e. The molecule has 0 amide bonds. The predicted molar refractivity (Wildman–Crippen MR) is 87.8 cm³/mol. The second kappa shape index (κ2) is 9.32. The van der Waals surface area contributed by atoms with Gasteiger partial charge in [-0.2, -0.15) is 0 Å². The Balaban J connectivity index is 1.50. The Morgan fingerprint density at radius 3 is 2.70 bits per heavy atom. The topological polar surface area (TPSA) is 31.4 Å². The van der Waals surface area contributed by atoms with Crippen LogP contribution < -0.4 is 10.2 Å². The maximum absolute atomic E-state index is 4.39. The second-order valence-corrected chi connectivity index (χ2v) is 6.33. The Morgan fingerprint density at radius 2 is 2.00 bits per heavy atom. The highest BCUT2D eigenvalue weighted by molar-refractivity contribution is 7.13. The molecule has 1 saturated heterocycles. The van der Waals surface area contributed by atoms with Crippen molar-refractivity contribution < 1.29 is 0 Å². The van der Waals surface area contributed by atoms with E-state index >= 15 is 0 Å². The third-order valence-corrected chi connectivity index (χ3v) is 4.71. The average molecular weight is 296 g/mol. The number of thiazole rings is 1. The van der Waals surface area contributed by atoms with Crippen molar-refractivity contribution >= 4 is 16.5 Å². The lowest BCUT2D eigenvalue weighted by Crippen LogP contribution is -2.48. The minimum atomic E-state index is 1.12. The molecule has 0 spiro atoms. The van der Waals surface area contributed by atoms with Gasteiger partial charge in [0.25, 0.3) is 0 Å². The van der Waals surface area contributed by atoms with Gasteiger partial charge in [0, 0.05) is 50.8 Å². The van der Waals surface area contributed by atoms with Crippen LogP contribution in [-0.2, 0) is 0 Å². The van der Waals surface area contributed by atoms with Gasteiger partial charge < -0.3 is 10.2 Å². The lowest BCUT2D eigenvalue weighted by atomic mass is 10.2. The van der Waals surface area contributed by atoms with Crippen LogP contribution >= 0.6 is 11.3 Å². The minimum absolute atomic E-state index is 1.12. The normalized spacial score (nSPS) is 16.8. The molecule has 0 unspecified atom stereocenters. The van der Waals surface area contributed by atoms with Gasteiger partial charge in [-0.3, -0.25) is 4.90 Å². The molecule has 1 fully saturated rings. The molecule has 0 atom stereocenters. The Hall–Kier alpha value is -0.650. The van der Waals surface area contributed by atoms with Crippen molar-refractivity contribution in [1.29, 1.82) is 0 Å². The van der Waals surface area contributed by atoms with Crippen LogP contribution in [0.1, 0.15) is 32.6 Å². The first-order chi connectivity index (χ1) is 9.90. The van der Waals surface area contributed by atoms with Crippen molar-refractivity contribution in [3.8, 4) is 0 Å². The van der Waals surface area contributed by atoms with E-state index in [1.807, 2.05) is 6.20 Å². The van der Waals surface area contributed by atoms with Crippen molar-refractivity contribution in [3.63, 3.8) is 0 Å². The van der Waals surface area contributed by atoms with Gasteiger partial charge in [0.2, 0.25) is 0 Å². The van der Waals surface area contributed by atoms with Gasteiger partial charge in [0.15, 0.2) is 5.13 Å². The number of hydrogen-bond acceptors (Lipinski definition) is 5. The van der Waals surface area contributed by atoms with E-state index < -0.39 is 0 Å². The number of hydrogen-bond donors (Lipinski definition) is 1. The number of unbranched alkanes of at least 4 members (excludes halogenated alkanes) is 3. The molecule has 2 rings (SSSR count). The summed E-state index contributed by atoms with van der Waals surface area (Å²) < 4.78 is 0. The highest BCUT2D eigenvalue weighted by Crippen LogP contribution is 2.18. The van der Waals surface area contributed by atoms with E-state index in [0.717, 1.165) is 32.7 Å². The molecule has 1 aromatic heterocycles. The fourth-order valence-electron chi connectivity index (χ4n) is 2.57. The lowest BCUT2D eigenvalue weighted by molar-refractivity contribution is 0.257. The molecular formula is C15H28N4S. The van der Waals surface area contributed by atoms with Crippen LogP contribution in [0.25, 0.3) is 0 Å². The molecular weight excluding hydrogens is 268 g/mol. The molecule has 5 heteroatoms. The molecule has 1 aliphatic heterocycles. The summed E-state index contributed by atoms with van der Waals surface area (Å²) in [6.45, 7) is 10.3. The molecule has 114 valence electrons. The molecule has 0 bridgehead atoms. The summed E-state index contributed by atoms with van der Waals surface area (Å²) in [5.41, 5.74) is 0. The number of nitrogens with one attached hydrogen (secondary N) is 1. The van der Waals surface area contributed by atoms with Gasteiger partial charge in [-0.1, -0.05) is 26.2 Å². The van der Waals surface area contributed by atoms with E-state index in [-0.39, 0.29) is 0 Å². The summed E-state index contributed by atoms with van der Waals surface area (Å²) in [6.07, 6.45) is 7.29. The molecule has 2 heterocycles. The van der Waals surface area contributed by atoms with Gasteiger partial charge in [0.05, 0.1) is 0 Å². The van der Waals surface area contributed by atoms with Crippen molar-refractivity contribution in [3.05, 3.63) is 11.6 Å². The number of aromatic nitrogens is 1. The summed E-state index contributed by atoms with van der Waals surface area (Å²) in [7, 11) is 0. The van der Waals surface area contributed by atoms with Crippen LogP contribution in [-0.4, -0.2) is 55.7 Å². The summed E-state index contributed by atoms with van der Waals surface area (Å²) in [4.78, 5) is 9.35. The molecule has 0 radical (unpaired) electrons. The summed E-state index contributed by atoms with van der Waals surface area (Å²) in [5.74, 6) is 0. The quantitative estimate of drug-likeness (QED) is 0.709. The van der Waals surface area contributed by atoms with E-state index in [1.165, 1.54) is 43.9 Å².